The van der Waals surface area contributed by atoms with Crippen LogP contribution in [-0.2, 0) is 0 Å². The molecule has 0 atom stereocenters. The van der Waals surface area contributed by atoms with Gasteiger partial charge >= 0.3 is 11.4 Å². The predicted octanol–water partition coefficient (Wildman–Crippen LogP) is 5.04. The standard InChI is InChI=1S/C32H24N6O2/c33-23-20-30(38-28-18-10-8-16-26(28)36(32(38)40)22-13-5-2-6-14-22)24(34)19-29(23)37-27-17-9-7-15-25(27)35(31(37)39)21-11-3-1-4-12-21/h1-20H,33-34H2. The summed E-state index contributed by atoms with van der Waals surface area (Å²) in [5.41, 5.74) is 18.6. The number of nitrogens with zero attached hydrogens (tertiary/aromatic N) is 4. The first-order valence-electron chi connectivity index (χ1n) is 12.8. The molecule has 40 heavy (non-hydrogen) atoms. The molecule has 0 aliphatic carbocycles. The van der Waals surface area contributed by atoms with Crippen LogP contribution in [0.5, 0.6) is 0 Å². The molecule has 0 saturated heterocycles. The van der Waals surface area contributed by atoms with Crippen LogP contribution in [0.3, 0.4) is 0 Å². The molecule has 2 heterocycles. The Labute approximate surface area is 228 Å². The van der Waals surface area contributed by atoms with E-state index < -0.39 is 0 Å². The maximum absolute atomic E-state index is 13.9. The Bertz CT molecular complexity index is 2010. The Morgan fingerprint density at radius 3 is 1.05 bits per heavy atom. The molecule has 194 valence electrons. The lowest BCUT2D eigenvalue weighted by Gasteiger charge is -2.13. The lowest BCUT2D eigenvalue weighted by atomic mass is 10.2. The highest BCUT2D eigenvalue weighted by Crippen LogP contribution is 2.31. The van der Waals surface area contributed by atoms with Crippen molar-refractivity contribution in [2.45, 2.75) is 0 Å². The summed E-state index contributed by atoms with van der Waals surface area (Å²) in [4.78, 5) is 27.7. The maximum Gasteiger partial charge on any atom is 0.338 e. The average molecular weight is 525 g/mol. The zero-order valence-electron chi connectivity index (χ0n) is 21.3. The third kappa shape index (κ3) is 3.40. The quantitative estimate of drug-likeness (QED) is 0.315. The van der Waals surface area contributed by atoms with Gasteiger partial charge in [0.05, 0.1) is 56.2 Å². The largest absolute Gasteiger partial charge is 0.397 e. The van der Waals surface area contributed by atoms with Crippen molar-refractivity contribution >= 4 is 33.4 Å². The van der Waals surface area contributed by atoms with E-state index in [1.807, 2.05) is 109 Å². The molecule has 2 aromatic heterocycles. The SMILES string of the molecule is Nc1cc(-n2c(=O)n(-c3ccccc3)c3ccccc32)c(N)cc1-n1c(=O)n(-c2ccccc2)c2ccccc21. The van der Waals surface area contributed by atoms with E-state index >= 15 is 0 Å². The Balaban J connectivity index is 1.47. The van der Waals surface area contributed by atoms with Gasteiger partial charge in [-0.25, -0.2) is 9.59 Å². The Morgan fingerprint density at radius 1 is 0.400 bits per heavy atom. The molecule has 0 fully saturated rings. The maximum atomic E-state index is 13.9. The van der Waals surface area contributed by atoms with Gasteiger partial charge < -0.3 is 11.5 Å². The number of imidazole rings is 2. The first-order valence-corrected chi connectivity index (χ1v) is 12.8. The highest BCUT2D eigenvalue weighted by molar-refractivity contribution is 5.86. The van der Waals surface area contributed by atoms with Crippen LogP contribution in [0, 0.1) is 0 Å². The second-order valence-electron chi connectivity index (χ2n) is 9.53. The number of fused-ring (bicyclic) bond motifs is 2. The molecule has 0 aliphatic rings. The molecule has 0 radical (unpaired) electrons. The van der Waals surface area contributed by atoms with Gasteiger partial charge in [0.15, 0.2) is 0 Å². The van der Waals surface area contributed by atoms with Crippen molar-refractivity contribution in [3.05, 3.63) is 142 Å². The molecule has 7 rings (SSSR count). The van der Waals surface area contributed by atoms with Crippen LogP contribution >= 0.6 is 0 Å². The minimum absolute atomic E-state index is 0.274. The molecule has 8 heteroatoms. The minimum atomic E-state index is -0.274. The van der Waals surface area contributed by atoms with Crippen LogP contribution in [-0.4, -0.2) is 18.3 Å². The third-order valence-corrected chi connectivity index (χ3v) is 7.18. The van der Waals surface area contributed by atoms with Crippen LogP contribution < -0.4 is 22.8 Å². The highest BCUT2D eigenvalue weighted by Gasteiger charge is 2.21. The summed E-state index contributed by atoms with van der Waals surface area (Å²) in [5, 5.41) is 0. The predicted molar refractivity (Wildman–Crippen MR) is 160 cm³/mol. The number of aromatic nitrogens is 4. The minimum Gasteiger partial charge on any atom is -0.397 e. The highest BCUT2D eigenvalue weighted by atomic mass is 16.2. The normalized spacial score (nSPS) is 11.4. The molecule has 8 nitrogen and oxygen atoms in total. The second-order valence-corrected chi connectivity index (χ2v) is 9.53. The molecule has 0 spiro atoms. The molecule has 0 saturated carbocycles. The van der Waals surface area contributed by atoms with Crippen LogP contribution in [0.2, 0.25) is 0 Å². The van der Waals surface area contributed by atoms with Crippen molar-refractivity contribution < 1.29 is 0 Å². The molecule has 7 aromatic rings. The van der Waals surface area contributed by atoms with E-state index in [0.717, 1.165) is 22.4 Å². The van der Waals surface area contributed by atoms with Gasteiger partial charge in [-0.2, -0.15) is 0 Å². The molecule has 0 aliphatic heterocycles. The smallest absolute Gasteiger partial charge is 0.338 e. The van der Waals surface area contributed by atoms with Gasteiger partial charge in [0.2, 0.25) is 0 Å². The van der Waals surface area contributed by atoms with Crippen molar-refractivity contribution in [1.82, 2.24) is 18.3 Å². The summed E-state index contributed by atoms with van der Waals surface area (Å²) in [6.07, 6.45) is 0. The molecule has 4 N–H and O–H groups in total. The topological polar surface area (TPSA) is 106 Å². The van der Waals surface area contributed by atoms with Gasteiger partial charge in [-0.1, -0.05) is 60.7 Å². The van der Waals surface area contributed by atoms with E-state index in [2.05, 4.69) is 0 Å². The lowest BCUT2D eigenvalue weighted by molar-refractivity contribution is 0.922. The molecule has 0 amide bonds. The van der Waals surface area contributed by atoms with E-state index in [4.69, 9.17) is 11.5 Å². The molecular formula is C32H24N6O2. The van der Waals surface area contributed by atoms with Gasteiger partial charge in [0, 0.05) is 0 Å². The number of benzene rings is 5. The fraction of sp³-hybridized carbons (Fsp3) is 0. The number of hydrogen-bond donors (Lipinski definition) is 2. The molecule has 0 bridgehead atoms. The lowest BCUT2D eigenvalue weighted by Crippen LogP contribution is -2.24. The zero-order valence-corrected chi connectivity index (χ0v) is 21.3. The van der Waals surface area contributed by atoms with Crippen LogP contribution in [0.4, 0.5) is 11.4 Å². The fourth-order valence-corrected chi connectivity index (χ4v) is 5.41. The van der Waals surface area contributed by atoms with Crippen LogP contribution in [0.1, 0.15) is 0 Å². The summed E-state index contributed by atoms with van der Waals surface area (Å²) < 4.78 is 6.43. The van der Waals surface area contributed by atoms with Gasteiger partial charge in [0.25, 0.3) is 0 Å². The van der Waals surface area contributed by atoms with E-state index in [1.165, 1.54) is 0 Å². The van der Waals surface area contributed by atoms with Crippen molar-refractivity contribution in [2.24, 2.45) is 0 Å². The number of para-hydroxylation sites is 6. The van der Waals surface area contributed by atoms with Crippen molar-refractivity contribution in [3.8, 4) is 22.7 Å². The summed E-state index contributed by atoms with van der Waals surface area (Å²) >= 11 is 0. The summed E-state index contributed by atoms with van der Waals surface area (Å²) in [6, 6.07) is 37.3. The van der Waals surface area contributed by atoms with Gasteiger partial charge in [-0.15, -0.1) is 0 Å². The third-order valence-electron chi connectivity index (χ3n) is 7.18. The van der Waals surface area contributed by atoms with Gasteiger partial charge in [0.1, 0.15) is 0 Å². The van der Waals surface area contributed by atoms with Crippen LogP contribution in [0.25, 0.3) is 44.8 Å². The first kappa shape index (κ1) is 23.4. The number of nitrogen functional groups attached to an aromatic ring is 2. The Morgan fingerprint density at radius 2 is 0.700 bits per heavy atom. The average Bonchev–Trinajstić information content (AvgIpc) is 3.44. The Kier molecular flexibility index (Phi) is 5.21. The van der Waals surface area contributed by atoms with E-state index in [0.29, 0.717) is 33.8 Å². The molecule has 0 unspecified atom stereocenters. The van der Waals surface area contributed by atoms with Crippen molar-refractivity contribution in [3.63, 3.8) is 0 Å². The zero-order chi connectivity index (χ0) is 27.4. The first-order chi connectivity index (χ1) is 19.5. The van der Waals surface area contributed by atoms with Crippen molar-refractivity contribution in [2.75, 3.05) is 11.5 Å². The second kappa shape index (κ2) is 8.92. The Hall–Kier alpha value is -5.76. The molecule has 5 aromatic carbocycles. The van der Waals surface area contributed by atoms with E-state index in [1.54, 1.807) is 30.4 Å². The summed E-state index contributed by atoms with van der Waals surface area (Å²) in [6.45, 7) is 0. The molecular weight excluding hydrogens is 500 g/mol. The van der Waals surface area contributed by atoms with E-state index in [-0.39, 0.29) is 11.4 Å². The fourth-order valence-electron chi connectivity index (χ4n) is 5.41. The van der Waals surface area contributed by atoms with Crippen molar-refractivity contribution in [1.29, 1.82) is 0 Å². The van der Waals surface area contributed by atoms with E-state index in [9.17, 15) is 9.59 Å². The van der Waals surface area contributed by atoms with Gasteiger partial charge in [-0.05, 0) is 60.7 Å². The number of anilines is 2. The summed E-state index contributed by atoms with van der Waals surface area (Å²) in [5.74, 6) is 0. The van der Waals surface area contributed by atoms with Gasteiger partial charge in [-0.3, -0.25) is 18.3 Å². The monoisotopic (exact) mass is 524 g/mol. The number of rotatable bonds is 4. The number of nitrogens with two attached hydrogens (primary N) is 2. The van der Waals surface area contributed by atoms with Crippen LogP contribution in [0.15, 0.2) is 131 Å². The number of hydrogen-bond acceptors (Lipinski definition) is 4. The summed E-state index contributed by atoms with van der Waals surface area (Å²) in [7, 11) is 0.